The van der Waals surface area contributed by atoms with Gasteiger partial charge in [0.1, 0.15) is 12.9 Å². The van der Waals surface area contributed by atoms with Crippen LogP contribution in [0, 0.1) is 11.8 Å². The van der Waals surface area contributed by atoms with Crippen LogP contribution < -0.4 is 0 Å². The Kier molecular flexibility index (Phi) is 4.22. The molecule has 0 unspecified atom stereocenters. The zero-order valence-electron chi connectivity index (χ0n) is 13.1. The van der Waals surface area contributed by atoms with E-state index in [9.17, 15) is 4.79 Å². The number of hydrogen-bond acceptors (Lipinski definition) is 3. The molecule has 2 aromatic rings. The number of nitrogens with zero attached hydrogens (tertiary/aromatic N) is 4. The Hall–Kier alpha value is -2.17. The fourth-order valence-corrected chi connectivity index (χ4v) is 3.20. The van der Waals surface area contributed by atoms with Crippen LogP contribution in [0.3, 0.4) is 0 Å². The molecule has 1 amide bonds. The van der Waals surface area contributed by atoms with Crippen molar-refractivity contribution in [3.8, 4) is 11.4 Å². The van der Waals surface area contributed by atoms with Crippen LogP contribution in [0.15, 0.2) is 36.7 Å². The van der Waals surface area contributed by atoms with Gasteiger partial charge >= 0.3 is 0 Å². The standard InChI is InChI=1S/C17H22N4O/c1-13-8-14(2)10-20(9-13)16(22)11-21-12-18-17(19-21)15-6-4-3-5-7-15/h3-7,12-14H,8-11H2,1-2H3/t13-,14-/m1/s1. The van der Waals surface area contributed by atoms with Crippen LogP contribution in [-0.4, -0.2) is 38.7 Å². The molecule has 1 fully saturated rings. The third-order valence-electron chi connectivity index (χ3n) is 4.09. The van der Waals surface area contributed by atoms with Gasteiger partial charge in [0.2, 0.25) is 5.91 Å². The number of amides is 1. The van der Waals surface area contributed by atoms with Crippen LogP contribution in [0.1, 0.15) is 20.3 Å². The summed E-state index contributed by atoms with van der Waals surface area (Å²) in [7, 11) is 0. The summed E-state index contributed by atoms with van der Waals surface area (Å²) in [5, 5.41) is 4.41. The molecule has 0 bridgehead atoms. The summed E-state index contributed by atoms with van der Waals surface area (Å²) >= 11 is 0. The summed E-state index contributed by atoms with van der Waals surface area (Å²) in [6.07, 6.45) is 2.84. The average molecular weight is 298 g/mol. The summed E-state index contributed by atoms with van der Waals surface area (Å²) < 4.78 is 1.63. The minimum Gasteiger partial charge on any atom is -0.341 e. The van der Waals surface area contributed by atoms with Gasteiger partial charge in [-0.3, -0.25) is 4.79 Å². The lowest BCUT2D eigenvalue weighted by atomic mass is 9.92. The summed E-state index contributed by atoms with van der Waals surface area (Å²) in [6.45, 7) is 6.38. The van der Waals surface area contributed by atoms with Crippen molar-refractivity contribution in [3.63, 3.8) is 0 Å². The van der Waals surface area contributed by atoms with Crippen LogP contribution in [0.2, 0.25) is 0 Å². The molecular weight excluding hydrogens is 276 g/mol. The van der Waals surface area contributed by atoms with Gasteiger partial charge in [-0.05, 0) is 18.3 Å². The van der Waals surface area contributed by atoms with E-state index in [2.05, 4.69) is 23.9 Å². The van der Waals surface area contributed by atoms with Crippen molar-refractivity contribution in [2.45, 2.75) is 26.8 Å². The maximum atomic E-state index is 12.4. The highest BCUT2D eigenvalue weighted by atomic mass is 16.2. The Balaban J connectivity index is 1.66. The number of benzene rings is 1. The van der Waals surface area contributed by atoms with Gasteiger partial charge in [-0.2, -0.15) is 5.10 Å². The zero-order chi connectivity index (χ0) is 15.5. The average Bonchev–Trinajstić information content (AvgIpc) is 2.95. The number of likely N-dealkylation sites (tertiary alicyclic amines) is 1. The van der Waals surface area contributed by atoms with E-state index in [0.29, 0.717) is 17.7 Å². The van der Waals surface area contributed by atoms with Crippen LogP contribution in [0.25, 0.3) is 11.4 Å². The molecule has 1 aromatic heterocycles. The second kappa shape index (κ2) is 6.30. The van der Waals surface area contributed by atoms with Gasteiger partial charge in [0.25, 0.3) is 0 Å². The molecule has 2 atom stereocenters. The number of rotatable bonds is 3. The second-order valence-electron chi connectivity index (χ2n) is 6.38. The Morgan fingerprint density at radius 2 is 1.86 bits per heavy atom. The minimum absolute atomic E-state index is 0.128. The number of carbonyl (C=O) groups excluding carboxylic acids is 1. The molecule has 0 N–H and O–H groups in total. The zero-order valence-corrected chi connectivity index (χ0v) is 13.1. The largest absolute Gasteiger partial charge is 0.341 e. The molecule has 1 aliphatic rings. The van der Waals surface area contributed by atoms with Crippen LogP contribution in [0.5, 0.6) is 0 Å². The molecule has 116 valence electrons. The molecule has 1 saturated heterocycles. The van der Waals surface area contributed by atoms with Gasteiger partial charge in [0, 0.05) is 18.7 Å². The fraction of sp³-hybridized carbons (Fsp3) is 0.471. The number of aromatic nitrogens is 3. The predicted octanol–water partition coefficient (Wildman–Crippen LogP) is 2.45. The topological polar surface area (TPSA) is 51.0 Å². The molecule has 3 rings (SSSR count). The molecule has 5 heteroatoms. The van der Waals surface area contributed by atoms with Crippen LogP contribution in [-0.2, 0) is 11.3 Å². The monoisotopic (exact) mass is 298 g/mol. The maximum absolute atomic E-state index is 12.4. The van der Waals surface area contributed by atoms with Crippen molar-refractivity contribution < 1.29 is 4.79 Å². The van der Waals surface area contributed by atoms with E-state index in [-0.39, 0.29) is 12.5 Å². The third-order valence-corrected chi connectivity index (χ3v) is 4.09. The van der Waals surface area contributed by atoms with Gasteiger partial charge in [0.05, 0.1) is 0 Å². The third kappa shape index (κ3) is 3.35. The molecule has 0 radical (unpaired) electrons. The van der Waals surface area contributed by atoms with Crippen molar-refractivity contribution in [2.75, 3.05) is 13.1 Å². The van der Waals surface area contributed by atoms with Crippen molar-refractivity contribution in [1.29, 1.82) is 0 Å². The molecule has 2 heterocycles. The van der Waals surface area contributed by atoms with Gasteiger partial charge in [-0.15, -0.1) is 0 Å². The second-order valence-corrected chi connectivity index (χ2v) is 6.38. The SMILES string of the molecule is C[C@@H]1C[C@@H](C)CN(C(=O)Cn2cnc(-c3ccccc3)n2)C1. The fourth-order valence-electron chi connectivity index (χ4n) is 3.20. The first-order chi connectivity index (χ1) is 10.6. The molecule has 0 spiro atoms. The van der Waals surface area contributed by atoms with E-state index in [1.165, 1.54) is 6.42 Å². The van der Waals surface area contributed by atoms with Gasteiger partial charge in [-0.1, -0.05) is 44.2 Å². The predicted molar refractivity (Wildman–Crippen MR) is 85.0 cm³/mol. The number of carbonyl (C=O) groups is 1. The molecular formula is C17H22N4O. The van der Waals surface area contributed by atoms with Crippen molar-refractivity contribution in [1.82, 2.24) is 19.7 Å². The van der Waals surface area contributed by atoms with E-state index in [1.54, 1.807) is 11.0 Å². The highest BCUT2D eigenvalue weighted by Gasteiger charge is 2.25. The Morgan fingerprint density at radius 1 is 1.18 bits per heavy atom. The highest BCUT2D eigenvalue weighted by Crippen LogP contribution is 2.21. The number of piperidine rings is 1. The molecule has 1 aliphatic heterocycles. The van der Waals surface area contributed by atoms with Crippen LogP contribution in [0.4, 0.5) is 0 Å². The first-order valence-corrected chi connectivity index (χ1v) is 7.84. The molecule has 1 aromatic carbocycles. The highest BCUT2D eigenvalue weighted by molar-refractivity contribution is 5.76. The lowest BCUT2D eigenvalue weighted by Crippen LogP contribution is -2.44. The summed E-state index contributed by atoms with van der Waals surface area (Å²) in [6, 6.07) is 9.81. The van der Waals surface area contributed by atoms with Crippen molar-refractivity contribution >= 4 is 5.91 Å². The normalized spacial score (nSPS) is 21.8. The van der Waals surface area contributed by atoms with Gasteiger partial charge < -0.3 is 4.90 Å². The molecule has 22 heavy (non-hydrogen) atoms. The van der Waals surface area contributed by atoms with Gasteiger partial charge in [-0.25, -0.2) is 9.67 Å². The van der Waals surface area contributed by atoms with E-state index >= 15 is 0 Å². The minimum atomic E-state index is 0.128. The first-order valence-electron chi connectivity index (χ1n) is 7.84. The summed E-state index contributed by atoms with van der Waals surface area (Å²) in [4.78, 5) is 18.7. The first kappa shape index (κ1) is 14.8. The van der Waals surface area contributed by atoms with E-state index in [1.807, 2.05) is 35.2 Å². The quantitative estimate of drug-likeness (QED) is 0.874. The van der Waals surface area contributed by atoms with E-state index in [4.69, 9.17) is 0 Å². The maximum Gasteiger partial charge on any atom is 0.244 e. The summed E-state index contributed by atoms with van der Waals surface area (Å²) in [5.74, 6) is 1.93. The number of hydrogen-bond donors (Lipinski definition) is 0. The Labute approximate surface area is 131 Å². The molecule has 5 nitrogen and oxygen atoms in total. The summed E-state index contributed by atoms with van der Waals surface area (Å²) in [5.41, 5.74) is 0.967. The lowest BCUT2D eigenvalue weighted by molar-refractivity contribution is -0.134. The molecule has 0 saturated carbocycles. The van der Waals surface area contributed by atoms with E-state index in [0.717, 1.165) is 18.7 Å². The van der Waals surface area contributed by atoms with Crippen LogP contribution >= 0.6 is 0 Å². The lowest BCUT2D eigenvalue weighted by Gasteiger charge is -2.34. The van der Waals surface area contributed by atoms with Crippen molar-refractivity contribution in [3.05, 3.63) is 36.7 Å². The Bertz CT molecular complexity index is 627. The van der Waals surface area contributed by atoms with Gasteiger partial charge in [0.15, 0.2) is 5.82 Å². The van der Waals surface area contributed by atoms with Crippen molar-refractivity contribution in [2.24, 2.45) is 11.8 Å². The smallest absolute Gasteiger partial charge is 0.244 e. The Morgan fingerprint density at radius 3 is 2.55 bits per heavy atom. The van der Waals surface area contributed by atoms with E-state index < -0.39 is 0 Å². The molecule has 0 aliphatic carbocycles.